The van der Waals surface area contributed by atoms with Gasteiger partial charge in [0.05, 0.1) is 10.6 Å². The molecule has 1 aliphatic heterocycles. The van der Waals surface area contributed by atoms with Crippen LogP contribution in [0, 0.1) is 5.82 Å². The molecule has 0 spiro atoms. The van der Waals surface area contributed by atoms with E-state index in [1.54, 1.807) is 11.3 Å². The molecule has 1 aromatic carbocycles. The lowest BCUT2D eigenvalue weighted by Gasteiger charge is -2.32. The van der Waals surface area contributed by atoms with E-state index in [9.17, 15) is 12.8 Å². The lowest BCUT2D eigenvalue weighted by atomic mass is 10.0. The third kappa shape index (κ3) is 2.35. The fourth-order valence-corrected chi connectivity index (χ4v) is 5.24. The molecule has 1 atom stereocenters. The van der Waals surface area contributed by atoms with Crippen molar-refractivity contribution >= 4 is 27.0 Å². The second-order valence-corrected chi connectivity index (χ2v) is 7.92. The summed E-state index contributed by atoms with van der Waals surface area (Å²) in [6.45, 7) is 2.30. The zero-order valence-corrected chi connectivity index (χ0v) is 13.0. The fourth-order valence-electron chi connectivity index (χ4n) is 2.63. The molecule has 3 rings (SSSR count). The normalized spacial score (nSPS) is 19.4. The Morgan fingerprint density at radius 1 is 1.38 bits per heavy atom. The number of rotatable bonds is 2. The number of benzene rings is 1. The number of anilines is 1. The number of sulfonamides is 1. The van der Waals surface area contributed by atoms with E-state index < -0.39 is 15.8 Å². The molecule has 1 unspecified atom stereocenters. The van der Waals surface area contributed by atoms with Crippen LogP contribution in [0.3, 0.4) is 0 Å². The van der Waals surface area contributed by atoms with Crippen molar-refractivity contribution in [1.82, 2.24) is 4.31 Å². The van der Waals surface area contributed by atoms with E-state index in [1.807, 2.05) is 18.4 Å². The first-order valence-electron chi connectivity index (χ1n) is 6.54. The molecule has 0 fully saturated rings. The Hall–Kier alpha value is -1.44. The summed E-state index contributed by atoms with van der Waals surface area (Å²) in [6.07, 6.45) is 0.702. The lowest BCUT2D eigenvalue weighted by molar-refractivity contribution is 0.329. The maximum absolute atomic E-state index is 13.2. The molecule has 0 bridgehead atoms. The molecule has 0 amide bonds. The largest absolute Gasteiger partial charge is 0.396 e. The number of hydrogen-bond donors (Lipinski definition) is 1. The smallest absolute Gasteiger partial charge is 0.243 e. The van der Waals surface area contributed by atoms with Crippen LogP contribution in [-0.4, -0.2) is 19.3 Å². The molecule has 1 aliphatic rings. The first kappa shape index (κ1) is 14.5. The van der Waals surface area contributed by atoms with Crippen LogP contribution in [0.15, 0.2) is 34.5 Å². The molecule has 0 aliphatic carbocycles. The van der Waals surface area contributed by atoms with Gasteiger partial charge in [-0.05, 0) is 48.6 Å². The zero-order chi connectivity index (χ0) is 15.2. The molecule has 2 N–H and O–H groups in total. The van der Waals surface area contributed by atoms with Gasteiger partial charge in [-0.2, -0.15) is 4.31 Å². The summed E-state index contributed by atoms with van der Waals surface area (Å²) in [7, 11) is -3.68. The van der Waals surface area contributed by atoms with Gasteiger partial charge in [0.1, 0.15) is 5.82 Å². The van der Waals surface area contributed by atoms with E-state index >= 15 is 0 Å². The molecule has 0 radical (unpaired) electrons. The minimum absolute atomic E-state index is 0.0342. The maximum atomic E-state index is 13.2. The van der Waals surface area contributed by atoms with Crippen LogP contribution >= 0.6 is 11.3 Å². The van der Waals surface area contributed by atoms with Crippen LogP contribution in [0.25, 0.3) is 0 Å². The minimum Gasteiger partial charge on any atom is -0.396 e. The summed E-state index contributed by atoms with van der Waals surface area (Å²) in [4.78, 5) is 1.26. The molecule has 2 aromatic rings. The highest BCUT2D eigenvalue weighted by Crippen LogP contribution is 2.36. The van der Waals surface area contributed by atoms with E-state index in [4.69, 9.17) is 5.73 Å². The predicted octanol–water partition coefficient (Wildman–Crippen LogP) is 2.78. The van der Waals surface area contributed by atoms with Crippen LogP contribution < -0.4 is 5.73 Å². The van der Waals surface area contributed by atoms with Crippen LogP contribution in [0.5, 0.6) is 0 Å². The van der Waals surface area contributed by atoms with Crippen molar-refractivity contribution in [2.45, 2.75) is 24.3 Å². The Morgan fingerprint density at radius 3 is 2.86 bits per heavy atom. The highest BCUT2D eigenvalue weighted by atomic mass is 32.2. The van der Waals surface area contributed by atoms with Gasteiger partial charge in [0.15, 0.2) is 0 Å². The molecule has 4 nitrogen and oxygen atoms in total. The number of nitrogen functional groups attached to an aromatic ring is 1. The van der Waals surface area contributed by atoms with E-state index in [1.165, 1.54) is 21.3 Å². The van der Waals surface area contributed by atoms with Crippen LogP contribution in [0.1, 0.15) is 23.4 Å². The average Bonchev–Trinajstić information content (AvgIpc) is 2.91. The van der Waals surface area contributed by atoms with Gasteiger partial charge in [0.2, 0.25) is 10.0 Å². The number of nitrogens with two attached hydrogens (primary N) is 1. The third-order valence-electron chi connectivity index (χ3n) is 3.80. The van der Waals surface area contributed by atoms with Crippen molar-refractivity contribution in [1.29, 1.82) is 0 Å². The van der Waals surface area contributed by atoms with Crippen molar-refractivity contribution in [2.75, 3.05) is 12.3 Å². The molecule has 1 aromatic heterocycles. The second-order valence-electron chi connectivity index (χ2n) is 5.02. The van der Waals surface area contributed by atoms with Gasteiger partial charge in [-0.3, -0.25) is 0 Å². The van der Waals surface area contributed by atoms with Gasteiger partial charge in [-0.25, -0.2) is 12.8 Å². The maximum Gasteiger partial charge on any atom is 0.243 e. The highest BCUT2D eigenvalue weighted by molar-refractivity contribution is 7.89. The van der Waals surface area contributed by atoms with Gasteiger partial charge >= 0.3 is 0 Å². The Morgan fingerprint density at radius 2 is 2.14 bits per heavy atom. The predicted molar refractivity (Wildman–Crippen MR) is 81.1 cm³/mol. The lowest BCUT2D eigenvalue weighted by Crippen LogP contribution is -2.38. The Bertz CT molecular complexity index is 786. The van der Waals surface area contributed by atoms with Crippen molar-refractivity contribution < 1.29 is 12.8 Å². The number of halogens is 1. The topological polar surface area (TPSA) is 63.4 Å². The fraction of sp³-hybridized carbons (Fsp3) is 0.286. The van der Waals surface area contributed by atoms with Crippen molar-refractivity contribution in [3.63, 3.8) is 0 Å². The molecule has 0 saturated heterocycles. The third-order valence-corrected chi connectivity index (χ3v) is 6.76. The van der Waals surface area contributed by atoms with Crippen LogP contribution in [-0.2, 0) is 16.4 Å². The van der Waals surface area contributed by atoms with Gasteiger partial charge in [0, 0.05) is 17.5 Å². The highest BCUT2D eigenvalue weighted by Gasteiger charge is 2.34. The Balaban J connectivity index is 2.01. The summed E-state index contributed by atoms with van der Waals surface area (Å²) >= 11 is 1.65. The van der Waals surface area contributed by atoms with Gasteiger partial charge in [-0.1, -0.05) is 0 Å². The van der Waals surface area contributed by atoms with E-state index in [-0.39, 0.29) is 16.6 Å². The van der Waals surface area contributed by atoms with Crippen molar-refractivity contribution in [2.24, 2.45) is 0 Å². The standard InChI is InChI=1S/C14H15FN2O2S2/c1-9-11-5-7-20-14(11)4-6-17(9)21(18,19)10-2-3-12(15)13(16)8-10/h2-3,5,7-9H,4,6,16H2,1H3. The quantitative estimate of drug-likeness (QED) is 0.863. The molecular formula is C14H15FN2O2S2. The van der Waals surface area contributed by atoms with Gasteiger partial charge in [0.25, 0.3) is 0 Å². The summed E-state index contributed by atoms with van der Waals surface area (Å²) in [5.74, 6) is -0.610. The average molecular weight is 326 g/mol. The van der Waals surface area contributed by atoms with Gasteiger partial charge < -0.3 is 5.73 Å². The van der Waals surface area contributed by atoms with Crippen molar-refractivity contribution in [3.05, 3.63) is 45.9 Å². The Kier molecular flexibility index (Phi) is 3.51. The molecule has 7 heteroatoms. The first-order valence-corrected chi connectivity index (χ1v) is 8.86. The SMILES string of the molecule is CC1c2ccsc2CCN1S(=O)(=O)c1ccc(F)c(N)c1. The van der Waals surface area contributed by atoms with E-state index in [0.717, 1.165) is 11.6 Å². The molecule has 21 heavy (non-hydrogen) atoms. The summed E-state index contributed by atoms with van der Waals surface area (Å²) in [5.41, 5.74) is 6.38. The zero-order valence-electron chi connectivity index (χ0n) is 11.4. The van der Waals surface area contributed by atoms with E-state index in [2.05, 4.69) is 0 Å². The monoisotopic (exact) mass is 326 g/mol. The van der Waals surface area contributed by atoms with Crippen molar-refractivity contribution in [3.8, 4) is 0 Å². The number of hydrogen-bond acceptors (Lipinski definition) is 4. The van der Waals surface area contributed by atoms with Crippen LogP contribution in [0.2, 0.25) is 0 Å². The summed E-state index contributed by atoms with van der Waals surface area (Å²) in [5, 5.41) is 1.98. The minimum atomic E-state index is -3.68. The Labute approximate surface area is 127 Å². The number of nitrogens with zero attached hydrogens (tertiary/aromatic N) is 1. The molecule has 112 valence electrons. The number of fused-ring (bicyclic) bond motifs is 1. The molecule has 0 saturated carbocycles. The van der Waals surface area contributed by atoms with E-state index in [0.29, 0.717) is 13.0 Å². The number of thiophene rings is 1. The molecule has 2 heterocycles. The molecular weight excluding hydrogens is 311 g/mol. The van der Waals surface area contributed by atoms with Crippen LogP contribution in [0.4, 0.5) is 10.1 Å². The summed E-state index contributed by atoms with van der Waals surface area (Å²) in [6, 6.07) is 5.27. The first-order chi connectivity index (χ1) is 9.91. The summed E-state index contributed by atoms with van der Waals surface area (Å²) < 4.78 is 40.2. The van der Waals surface area contributed by atoms with Gasteiger partial charge in [-0.15, -0.1) is 11.3 Å². The second kappa shape index (κ2) is 5.08.